The first-order valence-corrected chi connectivity index (χ1v) is 12.8. The van der Waals surface area contributed by atoms with E-state index in [4.69, 9.17) is 4.74 Å². The second-order valence-electron chi connectivity index (χ2n) is 11.6. The lowest BCUT2D eigenvalue weighted by molar-refractivity contribution is -0.139. The van der Waals surface area contributed by atoms with Crippen molar-refractivity contribution in [2.45, 2.75) is 84.8 Å². The third kappa shape index (κ3) is 5.31. The van der Waals surface area contributed by atoms with Gasteiger partial charge in [-0.05, 0) is 106 Å². The van der Waals surface area contributed by atoms with Crippen molar-refractivity contribution in [3.05, 3.63) is 40.7 Å². The number of nitrogens with one attached hydrogen (secondary N) is 1. The standard InChI is InChI=1S/C28H39FN2O3/c1-17(2)25-24-14-20-10-11-21(29)15-23(20)22(24)12-13-31(25)26(32)19-8-6-18(7-9-19)16-30-27(33)34-28(3,4)5/h10-11,15,17-19,25H,6-9,12-14,16H2,1-5H3,(H,30,33). The van der Waals surface area contributed by atoms with Crippen LogP contribution in [-0.2, 0) is 16.0 Å². The number of halogens is 1. The maximum absolute atomic E-state index is 13.9. The lowest BCUT2D eigenvalue weighted by atomic mass is 9.79. The summed E-state index contributed by atoms with van der Waals surface area (Å²) in [6.07, 6.45) is 4.84. The predicted molar refractivity (Wildman–Crippen MR) is 132 cm³/mol. The van der Waals surface area contributed by atoms with Gasteiger partial charge in [0.05, 0.1) is 6.04 Å². The number of amides is 2. The molecule has 1 atom stereocenters. The number of hydrogen-bond donors (Lipinski definition) is 1. The van der Waals surface area contributed by atoms with Crippen LogP contribution in [0.4, 0.5) is 9.18 Å². The summed E-state index contributed by atoms with van der Waals surface area (Å²) in [5.74, 6) is 0.813. The van der Waals surface area contributed by atoms with Crippen LogP contribution in [-0.4, -0.2) is 41.6 Å². The molecule has 186 valence electrons. The number of ether oxygens (including phenoxy) is 1. The van der Waals surface area contributed by atoms with Crippen LogP contribution in [0.3, 0.4) is 0 Å². The molecule has 1 aromatic rings. The number of carbonyl (C=O) groups excluding carboxylic acids is 2. The van der Waals surface area contributed by atoms with E-state index < -0.39 is 5.60 Å². The number of rotatable bonds is 4. The Kier molecular flexibility index (Phi) is 7.07. The zero-order chi connectivity index (χ0) is 24.6. The summed E-state index contributed by atoms with van der Waals surface area (Å²) < 4.78 is 19.2. The molecule has 5 nitrogen and oxygen atoms in total. The number of hydrogen-bond acceptors (Lipinski definition) is 3. The largest absolute Gasteiger partial charge is 0.444 e. The van der Waals surface area contributed by atoms with Crippen molar-refractivity contribution in [1.82, 2.24) is 10.2 Å². The first-order valence-electron chi connectivity index (χ1n) is 12.8. The summed E-state index contributed by atoms with van der Waals surface area (Å²) in [4.78, 5) is 27.7. The molecule has 1 unspecified atom stereocenters. The van der Waals surface area contributed by atoms with Gasteiger partial charge in [-0.25, -0.2) is 9.18 Å². The second-order valence-corrected chi connectivity index (χ2v) is 11.6. The molecule has 4 rings (SSSR count). The molecule has 0 aromatic heterocycles. The van der Waals surface area contributed by atoms with Gasteiger partial charge in [0.2, 0.25) is 5.91 Å². The Balaban J connectivity index is 1.37. The van der Waals surface area contributed by atoms with Gasteiger partial charge in [0.1, 0.15) is 11.4 Å². The molecule has 6 heteroatoms. The fraction of sp³-hybridized carbons (Fsp3) is 0.643. The van der Waals surface area contributed by atoms with Gasteiger partial charge >= 0.3 is 6.09 Å². The number of carbonyl (C=O) groups is 2. The van der Waals surface area contributed by atoms with Gasteiger partial charge in [0.25, 0.3) is 0 Å². The minimum absolute atomic E-state index is 0.0439. The molecular formula is C28H39FN2O3. The van der Waals surface area contributed by atoms with Gasteiger partial charge in [0, 0.05) is 19.0 Å². The van der Waals surface area contributed by atoms with E-state index in [1.54, 1.807) is 12.1 Å². The lowest BCUT2D eigenvalue weighted by Gasteiger charge is -2.42. The molecule has 1 saturated carbocycles. The monoisotopic (exact) mass is 470 g/mol. The van der Waals surface area contributed by atoms with Crippen molar-refractivity contribution in [3.8, 4) is 0 Å². The zero-order valence-electron chi connectivity index (χ0n) is 21.2. The zero-order valence-corrected chi connectivity index (χ0v) is 21.2. The average molecular weight is 471 g/mol. The van der Waals surface area contributed by atoms with E-state index in [1.165, 1.54) is 16.7 Å². The molecular weight excluding hydrogens is 431 g/mol. The van der Waals surface area contributed by atoms with Gasteiger partial charge in [0.15, 0.2) is 0 Å². The Labute approximate surface area is 203 Å². The quantitative estimate of drug-likeness (QED) is 0.612. The number of benzene rings is 1. The van der Waals surface area contributed by atoms with E-state index in [1.807, 2.05) is 26.8 Å². The lowest BCUT2D eigenvalue weighted by Crippen LogP contribution is -2.50. The van der Waals surface area contributed by atoms with E-state index in [0.29, 0.717) is 24.9 Å². The molecule has 0 spiro atoms. The minimum atomic E-state index is -0.500. The average Bonchev–Trinajstić information content (AvgIpc) is 3.13. The third-order valence-electron chi connectivity index (χ3n) is 7.51. The van der Waals surface area contributed by atoms with Crippen LogP contribution in [0.25, 0.3) is 5.57 Å². The van der Waals surface area contributed by atoms with Crippen molar-refractivity contribution in [2.24, 2.45) is 17.8 Å². The van der Waals surface area contributed by atoms with Gasteiger partial charge in [-0.2, -0.15) is 0 Å². The highest BCUT2D eigenvalue weighted by Gasteiger charge is 2.40. The SMILES string of the molecule is CC(C)C1C2=C(CCN1C(=O)C1CCC(CNC(=O)OC(C)(C)C)CC1)c1cc(F)ccc1C2. The Hall–Kier alpha value is -2.37. The van der Waals surface area contributed by atoms with E-state index in [0.717, 1.165) is 44.1 Å². The fourth-order valence-electron chi connectivity index (χ4n) is 6.01. The number of fused-ring (bicyclic) bond motifs is 2. The molecule has 1 heterocycles. The first-order chi connectivity index (χ1) is 16.0. The van der Waals surface area contributed by atoms with Crippen LogP contribution < -0.4 is 5.32 Å². The van der Waals surface area contributed by atoms with Crippen molar-refractivity contribution in [3.63, 3.8) is 0 Å². The number of nitrogens with zero attached hydrogens (tertiary/aromatic N) is 1. The predicted octanol–water partition coefficient (Wildman–Crippen LogP) is 5.72. The first kappa shape index (κ1) is 24.7. The summed E-state index contributed by atoms with van der Waals surface area (Å²) in [5, 5.41) is 2.89. The van der Waals surface area contributed by atoms with Gasteiger partial charge in [-0.15, -0.1) is 0 Å². The van der Waals surface area contributed by atoms with Gasteiger partial charge in [-0.3, -0.25) is 4.79 Å². The smallest absolute Gasteiger partial charge is 0.407 e. The number of alkyl carbamates (subject to hydrolysis) is 1. The summed E-state index contributed by atoms with van der Waals surface area (Å²) in [6, 6.07) is 5.19. The molecule has 0 bridgehead atoms. The van der Waals surface area contributed by atoms with E-state index in [-0.39, 0.29) is 29.8 Å². The molecule has 0 saturated heterocycles. The maximum Gasteiger partial charge on any atom is 0.407 e. The summed E-state index contributed by atoms with van der Waals surface area (Å²) in [7, 11) is 0. The van der Waals surface area contributed by atoms with Crippen LogP contribution in [0, 0.1) is 23.6 Å². The van der Waals surface area contributed by atoms with Crippen LogP contribution in [0.15, 0.2) is 23.8 Å². The van der Waals surface area contributed by atoms with Crippen LogP contribution in [0.2, 0.25) is 0 Å². The molecule has 3 aliphatic rings. The molecule has 2 amide bonds. The molecule has 2 aliphatic carbocycles. The van der Waals surface area contributed by atoms with Crippen LogP contribution in [0.5, 0.6) is 0 Å². The van der Waals surface area contributed by atoms with Crippen molar-refractivity contribution in [1.29, 1.82) is 0 Å². The second kappa shape index (κ2) is 9.71. The Morgan fingerprint density at radius 2 is 1.88 bits per heavy atom. The van der Waals surface area contributed by atoms with E-state index >= 15 is 0 Å². The van der Waals surface area contributed by atoms with Crippen molar-refractivity contribution < 1.29 is 18.7 Å². The Morgan fingerprint density at radius 3 is 2.53 bits per heavy atom. The summed E-state index contributed by atoms with van der Waals surface area (Å²) >= 11 is 0. The van der Waals surface area contributed by atoms with Crippen LogP contribution in [0.1, 0.15) is 77.8 Å². The molecule has 34 heavy (non-hydrogen) atoms. The fourth-order valence-corrected chi connectivity index (χ4v) is 6.01. The van der Waals surface area contributed by atoms with E-state index in [2.05, 4.69) is 24.1 Å². The molecule has 1 fully saturated rings. The van der Waals surface area contributed by atoms with Gasteiger partial charge < -0.3 is 15.0 Å². The van der Waals surface area contributed by atoms with Gasteiger partial charge in [-0.1, -0.05) is 19.9 Å². The minimum Gasteiger partial charge on any atom is -0.444 e. The maximum atomic E-state index is 13.9. The van der Waals surface area contributed by atoms with Crippen molar-refractivity contribution >= 4 is 17.6 Å². The Bertz CT molecular complexity index is 970. The summed E-state index contributed by atoms with van der Waals surface area (Å²) in [6.45, 7) is 11.2. The Morgan fingerprint density at radius 1 is 1.18 bits per heavy atom. The highest BCUT2D eigenvalue weighted by atomic mass is 19.1. The highest BCUT2D eigenvalue weighted by Crippen LogP contribution is 2.44. The molecule has 0 radical (unpaired) electrons. The summed E-state index contributed by atoms with van der Waals surface area (Å²) in [5.41, 5.74) is 4.30. The van der Waals surface area contributed by atoms with E-state index in [9.17, 15) is 14.0 Å². The van der Waals surface area contributed by atoms with Crippen molar-refractivity contribution in [2.75, 3.05) is 13.1 Å². The topological polar surface area (TPSA) is 58.6 Å². The normalized spacial score (nSPS) is 24.7. The molecule has 1 aliphatic heterocycles. The molecule has 1 N–H and O–H groups in total. The highest BCUT2D eigenvalue weighted by molar-refractivity contribution is 5.84. The van der Waals surface area contributed by atoms with Crippen LogP contribution >= 0.6 is 0 Å². The molecule has 1 aromatic carbocycles. The third-order valence-corrected chi connectivity index (χ3v) is 7.51.